The quantitative estimate of drug-likeness (QED) is 0.311. The predicted molar refractivity (Wildman–Crippen MR) is 130 cm³/mol. The van der Waals surface area contributed by atoms with Gasteiger partial charge in [-0.3, -0.25) is 0 Å². The molecule has 0 atom stereocenters. The fourth-order valence-corrected chi connectivity index (χ4v) is 5.73. The second-order valence-electron chi connectivity index (χ2n) is 7.70. The Morgan fingerprint density at radius 2 is 1.67 bits per heavy atom. The number of hydrogen-bond acceptors (Lipinski definition) is 4. The van der Waals surface area contributed by atoms with Crippen LogP contribution in [0.5, 0.6) is 5.75 Å². The van der Waals surface area contributed by atoms with Crippen LogP contribution in [0.2, 0.25) is 10.0 Å². The molecule has 0 N–H and O–H groups in total. The highest BCUT2D eigenvalue weighted by atomic mass is 35.5. The zero-order valence-electron chi connectivity index (χ0n) is 17.9. The van der Waals surface area contributed by atoms with Gasteiger partial charge in [-0.1, -0.05) is 53.5 Å². The second-order valence-corrected chi connectivity index (χ2v) is 10.3. The highest BCUT2D eigenvalue weighted by molar-refractivity contribution is 7.90. The van der Waals surface area contributed by atoms with Gasteiger partial charge < -0.3 is 9.64 Å². The normalized spacial score (nSPS) is 11.9. The molecule has 4 aromatic rings. The zero-order chi connectivity index (χ0) is 23.8. The Morgan fingerprint density at radius 3 is 2.30 bits per heavy atom. The molecule has 0 fully saturated rings. The minimum absolute atomic E-state index is 0.0798. The summed E-state index contributed by atoms with van der Waals surface area (Å²) in [5, 5.41) is 0.972. The smallest absolute Gasteiger partial charge is 0.268 e. The Hall–Kier alpha value is -2.58. The van der Waals surface area contributed by atoms with E-state index < -0.39 is 15.8 Å². The number of rotatable bonds is 7. The maximum atomic E-state index is 13.9. The van der Waals surface area contributed by atoms with Gasteiger partial charge in [-0.15, -0.1) is 0 Å². The molecule has 0 radical (unpaired) electrons. The number of ether oxygens (including phenoxy) is 1. The molecule has 0 spiro atoms. The molecule has 0 amide bonds. The van der Waals surface area contributed by atoms with E-state index in [2.05, 4.69) is 0 Å². The number of nitrogens with zero attached hydrogens (tertiary/aromatic N) is 2. The van der Waals surface area contributed by atoms with Gasteiger partial charge in [0, 0.05) is 22.5 Å². The van der Waals surface area contributed by atoms with Crippen LogP contribution < -0.4 is 4.74 Å². The molecule has 1 aromatic heterocycles. The first kappa shape index (κ1) is 23.6. The summed E-state index contributed by atoms with van der Waals surface area (Å²) in [5.74, 6) is -0.180. The van der Waals surface area contributed by atoms with E-state index >= 15 is 0 Å². The van der Waals surface area contributed by atoms with Gasteiger partial charge in [-0.25, -0.2) is 16.8 Å². The van der Waals surface area contributed by atoms with E-state index in [1.54, 1.807) is 30.3 Å². The summed E-state index contributed by atoms with van der Waals surface area (Å²) in [4.78, 5) is 1.88. The van der Waals surface area contributed by atoms with E-state index in [1.807, 2.05) is 25.1 Å². The molecule has 3 aromatic carbocycles. The molecule has 0 aliphatic heterocycles. The standard InChI is InChI=1S/C24H21Cl2FN2O3S/c1-28(2)12-13-32-24-20-14-17(25)15-21(26)23(20)29(22(24)16-6-4-3-5-7-16)33(30,31)19-10-8-18(27)9-11-19/h3-11,14-15H,12-13H2,1-2H3. The van der Waals surface area contributed by atoms with Gasteiger partial charge in [-0.2, -0.15) is 0 Å². The van der Waals surface area contributed by atoms with Crippen molar-refractivity contribution in [2.45, 2.75) is 4.90 Å². The number of hydrogen-bond donors (Lipinski definition) is 0. The lowest BCUT2D eigenvalue weighted by molar-refractivity contribution is 0.264. The minimum Gasteiger partial charge on any atom is -0.489 e. The van der Waals surface area contributed by atoms with Crippen molar-refractivity contribution in [2.24, 2.45) is 0 Å². The minimum atomic E-state index is -4.18. The molecule has 5 nitrogen and oxygen atoms in total. The number of benzene rings is 3. The van der Waals surface area contributed by atoms with Crippen LogP contribution in [0.15, 0.2) is 71.6 Å². The molecule has 33 heavy (non-hydrogen) atoms. The molecule has 0 saturated carbocycles. The topological polar surface area (TPSA) is 51.5 Å². The van der Waals surface area contributed by atoms with Gasteiger partial charge in [-0.05, 0) is 50.5 Å². The molecule has 0 bridgehead atoms. The van der Waals surface area contributed by atoms with E-state index in [-0.39, 0.29) is 15.4 Å². The summed E-state index contributed by atoms with van der Waals surface area (Å²) < 4.78 is 48.6. The van der Waals surface area contributed by atoms with Crippen molar-refractivity contribution in [3.8, 4) is 17.0 Å². The summed E-state index contributed by atoms with van der Waals surface area (Å²) in [6.45, 7) is 0.923. The van der Waals surface area contributed by atoms with Gasteiger partial charge in [0.2, 0.25) is 0 Å². The van der Waals surface area contributed by atoms with E-state index in [4.69, 9.17) is 27.9 Å². The van der Waals surface area contributed by atoms with E-state index in [1.165, 1.54) is 18.2 Å². The maximum Gasteiger partial charge on any atom is 0.268 e. The van der Waals surface area contributed by atoms with Gasteiger partial charge in [0.05, 0.1) is 15.4 Å². The maximum absolute atomic E-state index is 13.9. The molecular weight excluding hydrogens is 486 g/mol. The summed E-state index contributed by atoms with van der Waals surface area (Å²) in [5.41, 5.74) is 1.17. The van der Waals surface area contributed by atoms with Crippen LogP contribution in [-0.2, 0) is 10.0 Å². The zero-order valence-corrected chi connectivity index (χ0v) is 20.3. The number of likely N-dealkylation sites (N-methyl/N-ethyl adjacent to an activating group) is 1. The summed E-state index contributed by atoms with van der Waals surface area (Å²) in [7, 11) is -0.357. The first-order valence-corrected chi connectivity index (χ1v) is 12.3. The van der Waals surface area contributed by atoms with Crippen LogP contribution in [0.4, 0.5) is 4.39 Å². The van der Waals surface area contributed by atoms with Crippen LogP contribution in [0, 0.1) is 5.82 Å². The lowest BCUT2D eigenvalue weighted by Crippen LogP contribution is -2.19. The Kier molecular flexibility index (Phi) is 6.68. The molecule has 9 heteroatoms. The van der Waals surface area contributed by atoms with Crippen molar-refractivity contribution in [3.63, 3.8) is 0 Å². The number of halogens is 3. The largest absolute Gasteiger partial charge is 0.489 e. The summed E-state index contributed by atoms with van der Waals surface area (Å²) in [6, 6.07) is 16.8. The average molecular weight is 507 g/mol. The Labute approximate surface area is 202 Å². The molecule has 0 aliphatic carbocycles. The average Bonchev–Trinajstić information content (AvgIpc) is 3.10. The van der Waals surface area contributed by atoms with Crippen LogP contribution in [0.1, 0.15) is 0 Å². The van der Waals surface area contributed by atoms with E-state index in [0.717, 1.165) is 16.1 Å². The second kappa shape index (κ2) is 9.35. The van der Waals surface area contributed by atoms with Gasteiger partial charge in [0.25, 0.3) is 10.0 Å². The Bertz CT molecular complexity index is 1400. The van der Waals surface area contributed by atoms with Gasteiger partial charge in [0.1, 0.15) is 18.1 Å². The number of aromatic nitrogens is 1. The third kappa shape index (κ3) is 4.59. The van der Waals surface area contributed by atoms with Crippen LogP contribution in [0.25, 0.3) is 22.2 Å². The molecule has 0 unspecified atom stereocenters. The molecule has 1 heterocycles. The van der Waals surface area contributed by atoms with Crippen LogP contribution in [-0.4, -0.2) is 44.5 Å². The molecule has 4 rings (SSSR count). The Balaban J connectivity index is 2.09. The lowest BCUT2D eigenvalue weighted by Gasteiger charge is -2.15. The van der Waals surface area contributed by atoms with E-state index in [0.29, 0.717) is 40.6 Å². The Morgan fingerprint density at radius 1 is 1.00 bits per heavy atom. The van der Waals surface area contributed by atoms with Crippen molar-refractivity contribution >= 4 is 44.1 Å². The van der Waals surface area contributed by atoms with Crippen molar-refractivity contribution < 1.29 is 17.5 Å². The molecular formula is C24H21Cl2FN2O3S. The SMILES string of the molecule is CN(C)CCOc1c(-c2ccccc2)n(S(=O)(=O)c2ccc(F)cc2)c2c(Cl)cc(Cl)cc12. The monoisotopic (exact) mass is 506 g/mol. The predicted octanol–water partition coefficient (Wildman–Crippen LogP) is 5.93. The fraction of sp³-hybridized carbons (Fsp3) is 0.167. The summed E-state index contributed by atoms with van der Waals surface area (Å²) in [6.07, 6.45) is 0. The highest BCUT2D eigenvalue weighted by Crippen LogP contribution is 2.45. The third-order valence-corrected chi connectivity index (χ3v) is 7.30. The third-order valence-electron chi connectivity index (χ3n) is 5.08. The van der Waals surface area contributed by atoms with Crippen molar-refractivity contribution in [3.05, 3.63) is 82.6 Å². The van der Waals surface area contributed by atoms with Crippen LogP contribution in [0.3, 0.4) is 0 Å². The molecule has 0 aliphatic rings. The summed E-state index contributed by atoms with van der Waals surface area (Å²) >= 11 is 12.8. The van der Waals surface area contributed by atoms with Gasteiger partial charge >= 0.3 is 0 Å². The van der Waals surface area contributed by atoms with Crippen molar-refractivity contribution in [2.75, 3.05) is 27.2 Å². The first-order valence-electron chi connectivity index (χ1n) is 10.1. The van der Waals surface area contributed by atoms with Crippen LogP contribution >= 0.6 is 23.2 Å². The fourth-order valence-electron chi connectivity index (χ4n) is 3.55. The van der Waals surface area contributed by atoms with Crippen molar-refractivity contribution in [1.82, 2.24) is 8.87 Å². The van der Waals surface area contributed by atoms with Crippen molar-refractivity contribution in [1.29, 1.82) is 0 Å². The van der Waals surface area contributed by atoms with Gasteiger partial charge in [0.15, 0.2) is 5.75 Å². The molecule has 0 saturated heterocycles. The lowest BCUT2D eigenvalue weighted by atomic mass is 10.1. The molecule has 172 valence electrons. The number of fused-ring (bicyclic) bond motifs is 1. The van der Waals surface area contributed by atoms with E-state index in [9.17, 15) is 12.8 Å². The highest BCUT2D eigenvalue weighted by Gasteiger charge is 2.30. The first-order chi connectivity index (χ1) is 15.7.